The van der Waals surface area contributed by atoms with Crippen LogP contribution in [0.25, 0.3) is 17.2 Å². The number of methoxy groups -OCH3 is 1. The largest absolute Gasteiger partial charge is 0.481 e. The van der Waals surface area contributed by atoms with E-state index in [9.17, 15) is 4.79 Å². The Balaban J connectivity index is 1.64. The molecule has 0 bridgehead atoms. The van der Waals surface area contributed by atoms with Crippen molar-refractivity contribution in [2.75, 3.05) is 25.5 Å². The Morgan fingerprint density at radius 2 is 1.91 bits per heavy atom. The van der Waals surface area contributed by atoms with Crippen LogP contribution in [0.3, 0.4) is 0 Å². The van der Waals surface area contributed by atoms with Gasteiger partial charge in [-0.3, -0.25) is 14.7 Å². The molecule has 0 atom stereocenters. The second-order valence-electron chi connectivity index (χ2n) is 7.44. The second-order valence-corrected chi connectivity index (χ2v) is 7.44. The van der Waals surface area contributed by atoms with Gasteiger partial charge in [-0.15, -0.1) is 0 Å². The zero-order chi connectivity index (χ0) is 22.8. The van der Waals surface area contributed by atoms with Gasteiger partial charge in [0.05, 0.1) is 7.11 Å². The predicted molar refractivity (Wildman–Crippen MR) is 129 cm³/mol. The van der Waals surface area contributed by atoms with Gasteiger partial charge in [0.15, 0.2) is 0 Å². The fourth-order valence-electron chi connectivity index (χ4n) is 3.43. The molecule has 0 unspecified atom stereocenters. The van der Waals surface area contributed by atoms with E-state index in [1.54, 1.807) is 31.8 Å². The number of aromatic nitrogens is 2. The van der Waals surface area contributed by atoms with E-state index < -0.39 is 0 Å². The van der Waals surface area contributed by atoms with Crippen LogP contribution in [0.15, 0.2) is 67.1 Å². The Bertz CT molecular complexity index is 1030. The van der Waals surface area contributed by atoms with Gasteiger partial charge in [-0.25, -0.2) is 4.98 Å². The van der Waals surface area contributed by atoms with Crippen molar-refractivity contribution in [1.82, 2.24) is 14.9 Å². The van der Waals surface area contributed by atoms with Gasteiger partial charge in [0, 0.05) is 54.1 Å². The van der Waals surface area contributed by atoms with Crippen molar-refractivity contribution in [3.05, 3.63) is 78.3 Å². The summed E-state index contributed by atoms with van der Waals surface area (Å²) in [4.78, 5) is 23.3. The van der Waals surface area contributed by atoms with Crippen molar-refractivity contribution < 1.29 is 9.53 Å². The molecule has 1 amide bonds. The highest BCUT2D eigenvalue weighted by molar-refractivity contribution is 6.02. The number of nitrogens with one attached hydrogen (secondary N) is 1. The molecular formula is C26H30N4O2. The molecule has 0 fully saturated rings. The molecule has 0 spiro atoms. The monoisotopic (exact) mass is 430 g/mol. The number of pyridine rings is 2. The van der Waals surface area contributed by atoms with E-state index in [1.807, 2.05) is 30.3 Å². The third-order valence-electron chi connectivity index (χ3n) is 5.14. The Morgan fingerprint density at radius 3 is 2.56 bits per heavy atom. The topological polar surface area (TPSA) is 67.4 Å². The highest BCUT2D eigenvalue weighted by atomic mass is 16.5. The number of amides is 1. The van der Waals surface area contributed by atoms with E-state index >= 15 is 0 Å². The standard InChI is InChI=1S/C26H30N4O2/c1-4-16-30(5-2)19-20-6-10-23(11-7-20)29-25(31)12-8-21-17-27-15-14-24(21)22-9-13-26(32-3)28-18-22/h6-15,17-18H,4-5,16,19H2,1-3H3,(H,29,31)/b12-8+. The fraction of sp³-hybridized carbons (Fsp3) is 0.269. The van der Waals surface area contributed by atoms with Crippen LogP contribution in [-0.4, -0.2) is 41.0 Å². The molecular weight excluding hydrogens is 400 g/mol. The Labute approximate surface area is 190 Å². The van der Waals surface area contributed by atoms with Crippen molar-refractivity contribution in [2.24, 2.45) is 0 Å². The van der Waals surface area contributed by atoms with Gasteiger partial charge in [-0.2, -0.15) is 0 Å². The lowest BCUT2D eigenvalue weighted by Gasteiger charge is -2.19. The quantitative estimate of drug-likeness (QED) is 0.457. The summed E-state index contributed by atoms with van der Waals surface area (Å²) in [5.41, 5.74) is 4.71. The molecule has 0 aliphatic heterocycles. The molecule has 166 valence electrons. The third kappa shape index (κ3) is 6.49. The zero-order valence-electron chi connectivity index (χ0n) is 18.9. The smallest absolute Gasteiger partial charge is 0.248 e. The van der Waals surface area contributed by atoms with Crippen molar-refractivity contribution in [2.45, 2.75) is 26.8 Å². The van der Waals surface area contributed by atoms with E-state index in [1.165, 1.54) is 11.6 Å². The van der Waals surface area contributed by atoms with E-state index in [0.717, 1.165) is 48.4 Å². The lowest BCUT2D eigenvalue weighted by Crippen LogP contribution is -2.23. The number of carbonyl (C=O) groups excluding carboxylic acids is 1. The molecule has 0 aliphatic carbocycles. The molecule has 1 N–H and O–H groups in total. The van der Waals surface area contributed by atoms with Gasteiger partial charge in [0.1, 0.15) is 0 Å². The first kappa shape index (κ1) is 23.2. The number of anilines is 1. The Kier molecular flexibility index (Phi) is 8.52. The highest BCUT2D eigenvalue weighted by Gasteiger charge is 2.06. The second kappa shape index (κ2) is 11.8. The minimum Gasteiger partial charge on any atom is -0.481 e. The molecule has 0 aliphatic rings. The normalized spacial score (nSPS) is 11.1. The molecule has 0 saturated carbocycles. The van der Waals surface area contributed by atoms with E-state index in [0.29, 0.717) is 5.88 Å². The summed E-state index contributed by atoms with van der Waals surface area (Å²) in [6.07, 6.45) is 9.62. The van der Waals surface area contributed by atoms with Crippen LogP contribution in [0.2, 0.25) is 0 Å². The maximum absolute atomic E-state index is 12.5. The van der Waals surface area contributed by atoms with Gasteiger partial charge in [0.25, 0.3) is 0 Å². The van der Waals surface area contributed by atoms with Crippen LogP contribution in [0.4, 0.5) is 5.69 Å². The molecule has 0 saturated heterocycles. The van der Waals surface area contributed by atoms with E-state index in [-0.39, 0.29) is 5.91 Å². The highest BCUT2D eigenvalue weighted by Crippen LogP contribution is 2.24. The molecule has 2 heterocycles. The summed E-state index contributed by atoms with van der Waals surface area (Å²) in [7, 11) is 1.58. The first-order valence-corrected chi connectivity index (χ1v) is 10.9. The molecule has 6 nitrogen and oxygen atoms in total. The summed E-state index contributed by atoms with van der Waals surface area (Å²) in [5, 5.41) is 2.92. The molecule has 32 heavy (non-hydrogen) atoms. The summed E-state index contributed by atoms with van der Waals surface area (Å²) in [5.74, 6) is 0.361. The number of hydrogen-bond donors (Lipinski definition) is 1. The first-order valence-electron chi connectivity index (χ1n) is 10.9. The van der Waals surface area contributed by atoms with Crippen molar-refractivity contribution in [1.29, 1.82) is 0 Å². The first-order chi connectivity index (χ1) is 15.6. The molecule has 1 aromatic carbocycles. The van der Waals surface area contributed by atoms with Gasteiger partial charge < -0.3 is 10.1 Å². The number of nitrogens with zero attached hydrogens (tertiary/aromatic N) is 3. The van der Waals surface area contributed by atoms with Crippen LogP contribution in [0.5, 0.6) is 5.88 Å². The summed E-state index contributed by atoms with van der Waals surface area (Å²) < 4.78 is 5.12. The lowest BCUT2D eigenvalue weighted by molar-refractivity contribution is -0.111. The zero-order valence-corrected chi connectivity index (χ0v) is 18.9. The average molecular weight is 431 g/mol. The van der Waals surface area contributed by atoms with Crippen LogP contribution >= 0.6 is 0 Å². The Morgan fingerprint density at radius 1 is 1.09 bits per heavy atom. The van der Waals surface area contributed by atoms with Gasteiger partial charge in [-0.1, -0.05) is 26.0 Å². The summed E-state index contributed by atoms with van der Waals surface area (Å²) in [6.45, 7) is 7.40. The summed E-state index contributed by atoms with van der Waals surface area (Å²) in [6, 6.07) is 13.7. The molecule has 3 aromatic rings. The van der Waals surface area contributed by atoms with Crippen LogP contribution in [0.1, 0.15) is 31.4 Å². The minimum atomic E-state index is -0.193. The number of benzene rings is 1. The van der Waals surface area contributed by atoms with Crippen molar-refractivity contribution in [3.8, 4) is 17.0 Å². The maximum Gasteiger partial charge on any atom is 0.248 e. The molecule has 0 radical (unpaired) electrons. The maximum atomic E-state index is 12.5. The SMILES string of the molecule is CCCN(CC)Cc1ccc(NC(=O)/C=C/c2cnccc2-c2ccc(OC)nc2)cc1. The number of hydrogen-bond acceptors (Lipinski definition) is 5. The number of rotatable bonds is 10. The fourth-order valence-corrected chi connectivity index (χ4v) is 3.43. The van der Waals surface area contributed by atoms with Gasteiger partial charge in [0.2, 0.25) is 11.8 Å². The van der Waals surface area contributed by atoms with E-state index in [4.69, 9.17) is 4.74 Å². The third-order valence-corrected chi connectivity index (χ3v) is 5.14. The van der Waals surface area contributed by atoms with E-state index in [2.05, 4.69) is 46.2 Å². The van der Waals surface area contributed by atoms with Crippen molar-refractivity contribution in [3.63, 3.8) is 0 Å². The van der Waals surface area contributed by atoms with Crippen molar-refractivity contribution >= 4 is 17.7 Å². The van der Waals surface area contributed by atoms with Crippen LogP contribution < -0.4 is 10.1 Å². The van der Waals surface area contributed by atoms with Crippen LogP contribution in [0, 0.1) is 0 Å². The number of ether oxygens (including phenoxy) is 1. The van der Waals surface area contributed by atoms with Gasteiger partial charge >= 0.3 is 0 Å². The van der Waals surface area contributed by atoms with Crippen LogP contribution in [-0.2, 0) is 11.3 Å². The van der Waals surface area contributed by atoms with Gasteiger partial charge in [-0.05, 0) is 61.0 Å². The minimum absolute atomic E-state index is 0.193. The predicted octanol–water partition coefficient (Wildman–Crippen LogP) is 5.04. The molecule has 6 heteroatoms. The molecule has 2 aromatic heterocycles. The number of carbonyl (C=O) groups is 1. The Hall–Kier alpha value is -3.51. The summed E-state index contributed by atoms with van der Waals surface area (Å²) >= 11 is 0. The average Bonchev–Trinajstić information content (AvgIpc) is 2.84. The lowest BCUT2D eigenvalue weighted by atomic mass is 10.0. The molecule has 3 rings (SSSR count).